The maximum atomic E-state index is 11.7. The number of carbonyl (C=O) groups is 1. The van der Waals surface area contributed by atoms with Crippen LogP contribution in [0.15, 0.2) is 54.7 Å². The highest BCUT2D eigenvalue weighted by atomic mass is 16.5. The standard InChI is InChI=1S/C27H31N3O4/c1-3-33-25-22(17-30-15-8-7-14-24(30)26(31)32)16-28-27(29-25)34-18-21-12-9-13-23(19(21)2)20-10-5-4-6-11-20/h4-6,9-13,16,24H,3,7-8,14-15,17-18H2,1-2H3,(H,31,32). The van der Waals surface area contributed by atoms with Crippen molar-refractivity contribution in [2.75, 3.05) is 13.2 Å². The molecule has 1 aliphatic rings. The van der Waals surface area contributed by atoms with Crippen LogP contribution in [0.1, 0.15) is 42.9 Å². The summed E-state index contributed by atoms with van der Waals surface area (Å²) in [6, 6.07) is 16.2. The molecule has 2 aromatic carbocycles. The Bertz CT molecular complexity index is 1120. The number of rotatable bonds is 9. The van der Waals surface area contributed by atoms with Crippen molar-refractivity contribution in [2.24, 2.45) is 0 Å². The molecule has 3 aromatic rings. The summed E-state index contributed by atoms with van der Waals surface area (Å²) in [7, 11) is 0. The lowest BCUT2D eigenvalue weighted by atomic mass is 9.97. The first-order chi connectivity index (χ1) is 16.6. The normalized spacial score (nSPS) is 16.2. The zero-order valence-electron chi connectivity index (χ0n) is 19.7. The molecule has 7 heteroatoms. The molecule has 1 aliphatic heterocycles. The van der Waals surface area contributed by atoms with Crippen LogP contribution in [-0.2, 0) is 17.9 Å². The molecule has 1 saturated heterocycles. The molecule has 7 nitrogen and oxygen atoms in total. The monoisotopic (exact) mass is 461 g/mol. The minimum Gasteiger partial charge on any atom is -0.480 e. The van der Waals surface area contributed by atoms with Crippen LogP contribution in [0.5, 0.6) is 11.9 Å². The summed E-state index contributed by atoms with van der Waals surface area (Å²) in [4.78, 5) is 22.5. The molecule has 0 radical (unpaired) electrons. The van der Waals surface area contributed by atoms with Gasteiger partial charge in [-0.3, -0.25) is 9.69 Å². The number of ether oxygens (including phenoxy) is 2. The van der Waals surface area contributed by atoms with E-state index in [1.54, 1.807) is 6.20 Å². The van der Waals surface area contributed by atoms with Gasteiger partial charge in [0.05, 0.1) is 6.61 Å². The van der Waals surface area contributed by atoms with Crippen molar-refractivity contribution in [3.05, 3.63) is 71.4 Å². The number of carboxylic acid groups (broad SMARTS) is 1. The number of likely N-dealkylation sites (tertiary alicyclic amines) is 1. The van der Waals surface area contributed by atoms with E-state index in [2.05, 4.69) is 35.1 Å². The second-order valence-corrected chi connectivity index (χ2v) is 8.48. The van der Waals surface area contributed by atoms with Gasteiger partial charge < -0.3 is 14.6 Å². The zero-order valence-corrected chi connectivity index (χ0v) is 19.7. The van der Waals surface area contributed by atoms with E-state index in [9.17, 15) is 9.90 Å². The molecule has 0 spiro atoms. The Kier molecular flexibility index (Phi) is 7.75. The smallest absolute Gasteiger partial charge is 0.320 e. The molecule has 1 fully saturated rings. The van der Waals surface area contributed by atoms with Crippen molar-refractivity contribution in [1.29, 1.82) is 0 Å². The van der Waals surface area contributed by atoms with Gasteiger partial charge >= 0.3 is 12.0 Å². The van der Waals surface area contributed by atoms with Crippen LogP contribution >= 0.6 is 0 Å². The van der Waals surface area contributed by atoms with Crippen molar-refractivity contribution in [3.8, 4) is 23.0 Å². The van der Waals surface area contributed by atoms with Crippen LogP contribution in [-0.4, -0.2) is 45.1 Å². The van der Waals surface area contributed by atoms with Gasteiger partial charge in [0.2, 0.25) is 5.88 Å². The molecular weight excluding hydrogens is 430 g/mol. The first kappa shape index (κ1) is 23.7. The SMILES string of the molecule is CCOc1nc(OCc2cccc(-c3ccccc3)c2C)ncc1CN1CCCCC1C(=O)O. The maximum absolute atomic E-state index is 11.7. The third-order valence-corrected chi connectivity index (χ3v) is 6.24. The van der Waals surface area contributed by atoms with Crippen molar-refractivity contribution in [3.63, 3.8) is 0 Å². The number of aliphatic carboxylic acids is 1. The van der Waals surface area contributed by atoms with E-state index < -0.39 is 12.0 Å². The Morgan fingerprint density at radius 1 is 1.09 bits per heavy atom. The Morgan fingerprint density at radius 2 is 1.91 bits per heavy atom. The van der Waals surface area contributed by atoms with Crippen LogP contribution in [0.2, 0.25) is 0 Å². The van der Waals surface area contributed by atoms with Gasteiger partial charge in [0.15, 0.2) is 0 Å². The van der Waals surface area contributed by atoms with E-state index in [0.29, 0.717) is 32.1 Å². The zero-order chi connectivity index (χ0) is 23.9. The van der Waals surface area contributed by atoms with E-state index in [1.165, 1.54) is 11.1 Å². The van der Waals surface area contributed by atoms with Gasteiger partial charge in [-0.05, 0) is 55.5 Å². The molecule has 1 unspecified atom stereocenters. The lowest BCUT2D eigenvalue weighted by molar-refractivity contribution is -0.144. The lowest BCUT2D eigenvalue weighted by Crippen LogP contribution is -2.44. The van der Waals surface area contributed by atoms with Gasteiger partial charge in [-0.15, -0.1) is 0 Å². The number of hydrogen-bond donors (Lipinski definition) is 1. The number of piperidine rings is 1. The molecular formula is C27H31N3O4. The summed E-state index contributed by atoms with van der Waals surface area (Å²) in [5.74, 6) is -0.344. The molecule has 178 valence electrons. The largest absolute Gasteiger partial charge is 0.480 e. The van der Waals surface area contributed by atoms with Crippen molar-refractivity contribution in [2.45, 2.75) is 52.3 Å². The Balaban J connectivity index is 1.49. The summed E-state index contributed by atoms with van der Waals surface area (Å²) in [5, 5.41) is 9.57. The van der Waals surface area contributed by atoms with Gasteiger partial charge in [-0.2, -0.15) is 4.98 Å². The number of hydrogen-bond acceptors (Lipinski definition) is 6. The average molecular weight is 462 g/mol. The van der Waals surface area contributed by atoms with Crippen molar-refractivity contribution in [1.82, 2.24) is 14.9 Å². The third-order valence-electron chi connectivity index (χ3n) is 6.24. The Morgan fingerprint density at radius 3 is 2.68 bits per heavy atom. The molecule has 1 aromatic heterocycles. The van der Waals surface area contributed by atoms with Gasteiger partial charge in [0.1, 0.15) is 12.6 Å². The van der Waals surface area contributed by atoms with Crippen LogP contribution in [0.3, 0.4) is 0 Å². The van der Waals surface area contributed by atoms with Crippen molar-refractivity contribution >= 4 is 5.97 Å². The third kappa shape index (κ3) is 5.54. The highest BCUT2D eigenvalue weighted by Gasteiger charge is 2.29. The molecule has 0 saturated carbocycles. The van der Waals surface area contributed by atoms with Gasteiger partial charge in [0.25, 0.3) is 0 Å². The van der Waals surface area contributed by atoms with E-state index >= 15 is 0 Å². The molecule has 1 N–H and O–H groups in total. The quantitative estimate of drug-likeness (QED) is 0.487. The first-order valence-corrected chi connectivity index (χ1v) is 11.8. The molecule has 0 bridgehead atoms. The average Bonchev–Trinajstić information content (AvgIpc) is 2.85. The second kappa shape index (κ2) is 11.1. The van der Waals surface area contributed by atoms with Crippen LogP contribution < -0.4 is 9.47 Å². The molecule has 34 heavy (non-hydrogen) atoms. The van der Waals surface area contributed by atoms with Gasteiger partial charge in [0, 0.05) is 18.3 Å². The summed E-state index contributed by atoms with van der Waals surface area (Å²) < 4.78 is 11.7. The van der Waals surface area contributed by atoms with E-state index in [-0.39, 0.29) is 6.01 Å². The van der Waals surface area contributed by atoms with Gasteiger partial charge in [-0.25, -0.2) is 4.98 Å². The summed E-state index contributed by atoms with van der Waals surface area (Å²) in [6.07, 6.45) is 4.26. The predicted octanol–water partition coefficient (Wildman–Crippen LogP) is 4.87. The molecule has 0 amide bonds. The highest BCUT2D eigenvalue weighted by molar-refractivity contribution is 5.73. The number of benzene rings is 2. The maximum Gasteiger partial charge on any atom is 0.320 e. The minimum absolute atomic E-state index is 0.241. The van der Waals surface area contributed by atoms with Crippen LogP contribution in [0, 0.1) is 6.92 Å². The number of aromatic nitrogens is 2. The number of nitrogens with zero attached hydrogens (tertiary/aromatic N) is 3. The van der Waals surface area contributed by atoms with E-state index in [4.69, 9.17) is 9.47 Å². The predicted molar refractivity (Wildman–Crippen MR) is 130 cm³/mol. The molecule has 4 rings (SSSR count). The summed E-state index contributed by atoms with van der Waals surface area (Å²) in [6.45, 7) is 5.94. The summed E-state index contributed by atoms with van der Waals surface area (Å²) >= 11 is 0. The van der Waals surface area contributed by atoms with Gasteiger partial charge in [-0.1, -0.05) is 55.0 Å². The fraction of sp³-hybridized carbons (Fsp3) is 0.370. The van der Waals surface area contributed by atoms with E-state index in [1.807, 2.05) is 42.2 Å². The fourth-order valence-electron chi connectivity index (χ4n) is 4.41. The Labute approximate surface area is 200 Å². The fourth-order valence-corrected chi connectivity index (χ4v) is 4.41. The molecule has 0 aliphatic carbocycles. The first-order valence-electron chi connectivity index (χ1n) is 11.8. The van der Waals surface area contributed by atoms with E-state index in [0.717, 1.165) is 36.1 Å². The number of carboxylic acids is 1. The second-order valence-electron chi connectivity index (χ2n) is 8.48. The molecule has 1 atom stereocenters. The van der Waals surface area contributed by atoms with Crippen LogP contribution in [0.25, 0.3) is 11.1 Å². The van der Waals surface area contributed by atoms with Crippen LogP contribution in [0.4, 0.5) is 0 Å². The summed E-state index contributed by atoms with van der Waals surface area (Å²) in [5.41, 5.74) is 5.32. The van der Waals surface area contributed by atoms with Crippen molar-refractivity contribution < 1.29 is 19.4 Å². The Hall–Kier alpha value is -3.45. The topological polar surface area (TPSA) is 84.8 Å². The minimum atomic E-state index is -0.786. The highest BCUT2D eigenvalue weighted by Crippen LogP contribution is 2.27. The lowest BCUT2D eigenvalue weighted by Gasteiger charge is -2.32. The molecule has 2 heterocycles.